The van der Waals surface area contributed by atoms with E-state index >= 15 is 0 Å². The molecule has 1 fully saturated rings. The Morgan fingerprint density at radius 2 is 1.74 bits per heavy atom. The normalized spacial score (nSPS) is 17.1. The summed E-state index contributed by atoms with van der Waals surface area (Å²) in [4.78, 5) is 29.7. The fourth-order valence-corrected chi connectivity index (χ4v) is 4.28. The number of carbonyl (C=O) groups excluding carboxylic acids is 2. The summed E-state index contributed by atoms with van der Waals surface area (Å²) in [6.45, 7) is 9.42. The number of methoxy groups -OCH3 is 1. The first-order chi connectivity index (χ1) is 16.3. The summed E-state index contributed by atoms with van der Waals surface area (Å²) in [7, 11) is 1.62. The van der Waals surface area contributed by atoms with Gasteiger partial charge in [0.15, 0.2) is 0 Å². The molecule has 7 heteroatoms. The average molecular weight is 465 g/mol. The van der Waals surface area contributed by atoms with Crippen LogP contribution in [0.15, 0.2) is 48.5 Å². The van der Waals surface area contributed by atoms with Crippen LogP contribution in [0.2, 0.25) is 0 Å². The zero-order valence-corrected chi connectivity index (χ0v) is 20.3. The van der Waals surface area contributed by atoms with Crippen molar-refractivity contribution in [2.45, 2.75) is 20.8 Å². The fraction of sp³-hybridized carbons (Fsp3) is 0.407. The molecule has 0 saturated carbocycles. The summed E-state index contributed by atoms with van der Waals surface area (Å²) in [5.74, 6) is 1.08. The molecule has 34 heavy (non-hydrogen) atoms. The third-order valence-electron chi connectivity index (χ3n) is 6.15. The van der Waals surface area contributed by atoms with Crippen molar-refractivity contribution in [2.75, 3.05) is 51.4 Å². The molecule has 1 amide bonds. The van der Waals surface area contributed by atoms with Gasteiger partial charge in [-0.15, -0.1) is 0 Å². The maximum absolute atomic E-state index is 13.7. The highest BCUT2D eigenvalue weighted by molar-refractivity contribution is 6.20. The first kappa shape index (κ1) is 23.7. The van der Waals surface area contributed by atoms with E-state index in [0.29, 0.717) is 62.0 Å². The number of fused-ring (bicyclic) bond motifs is 1. The molecule has 0 aliphatic carbocycles. The Kier molecular flexibility index (Phi) is 6.82. The van der Waals surface area contributed by atoms with E-state index in [1.165, 1.54) is 0 Å². The van der Waals surface area contributed by atoms with Crippen LogP contribution in [0.3, 0.4) is 0 Å². The maximum atomic E-state index is 13.7. The number of rotatable bonds is 5. The van der Waals surface area contributed by atoms with E-state index in [1.54, 1.807) is 26.2 Å². The molecule has 0 atom stereocenters. The van der Waals surface area contributed by atoms with Crippen molar-refractivity contribution in [3.63, 3.8) is 0 Å². The molecule has 2 aliphatic rings. The number of piperazine rings is 1. The van der Waals surface area contributed by atoms with E-state index in [1.807, 2.05) is 41.3 Å². The van der Waals surface area contributed by atoms with E-state index in [-0.39, 0.29) is 17.3 Å². The van der Waals surface area contributed by atoms with Gasteiger partial charge < -0.3 is 24.0 Å². The lowest BCUT2D eigenvalue weighted by atomic mass is 9.90. The second-order valence-corrected chi connectivity index (χ2v) is 9.24. The van der Waals surface area contributed by atoms with Crippen LogP contribution in [0.25, 0.3) is 5.57 Å². The maximum Gasteiger partial charge on any atom is 0.338 e. The molecule has 180 valence electrons. The minimum Gasteiger partial charge on any atom is -0.497 e. The Labute approximate surface area is 200 Å². The summed E-state index contributed by atoms with van der Waals surface area (Å²) >= 11 is 0. The highest BCUT2D eigenvalue weighted by Crippen LogP contribution is 2.38. The Hall–Kier alpha value is -3.48. The molecule has 2 aliphatic heterocycles. The number of amides is 1. The van der Waals surface area contributed by atoms with Crippen molar-refractivity contribution in [1.82, 2.24) is 4.90 Å². The van der Waals surface area contributed by atoms with Crippen molar-refractivity contribution in [2.24, 2.45) is 5.41 Å². The monoisotopic (exact) mass is 464 g/mol. The number of hydrogen-bond donors (Lipinski definition) is 0. The van der Waals surface area contributed by atoms with Gasteiger partial charge in [0.25, 0.3) is 5.91 Å². The van der Waals surface area contributed by atoms with Crippen molar-refractivity contribution < 1.29 is 23.8 Å². The zero-order valence-electron chi connectivity index (χ0n) is 20.3. The third-order valence-corrected chi connectivity index (χ3v) is 6.15. The second kappa shape index (κ2) is 9.79. The molecule has 7 nitrogen and oxygen atoms in total. The van der Waals surface area contributed by atoms with Crippen LogP contribution in [-0.2, 0) is 9.53 Å². The molecular weight excluding hydrogens is 432 g/mol. The van der Waals surface area contributed by atoms with E-state index in [2.05, 4.69) is 18.7 Å². The van der Waals surface area contributed by atoms with Gasteiger partial charge >= 0.3 is 5.97 Å². The molecule has 2 heterocycles. The Morgan fingerprint density at radius 3 is 2.38 bits per heavy atom. The van der Waals surface area contributed by atoms with Crippen molar-refractivity contribution >= 4 is 23.1 Å². The predicted octanol–water partition coefficient (Wildman–Crippen LogP) is 4.02. The van der Waals surface area contributed by atoms with Gasteiger partial charge in [0.05, 0.1) is 25.9 Å². The highest BCUT2D eigenvalue weighted by atomic mass is 16.5. The first-order valence-corrected chi connectivity index (χ1v) is 11.7. The molecule has 2 aromatic rings. The van der Waals surface area contributed by atoms with Crippen molar-refractivity contribution in [1.29, 1.82) is 0 Å². The number of nitrogens with zero attached hydrogens (tertiary/aromatic N) is 2. The first-order valence-electron chi connectivity index (χ1n) is 11.7. The Morgan fingerprint density at radius 1 is 1.03 bits per heavy atom. The lowest BCUT2D eigenvalue weighted by molar-refractivity contribution is -0.125. The van der Waals surface area contributed by atoms with Crippen LogP contribution < -0.4 is 14.4 Å². The van der Waals surface area contributed by atoms with Crippen molar-refractivity contribution in [3.8, 4) is 11.5 Å². The molecule has 0 N–H and O–H groups in total. The van der Waals surface area contributed by atoms with Crippen LogP contribution in [-0.4, -0.2) is 63.3 Å². The molecule has 0 bridgehead atoms. The van der Waals surface area contributed by atoms with Gasteiger partial charge in [0, 0.05) is 48.4 Å². The van der Waals surface area contributed by atoms with Gasteiger partial charge in [-0.1, -0.05) is 19.9 Å². The third kappa shape index (κ3) is 5.03. The minimum atomic E-state index is -0.315. The summed E-state index contributed by atoms with van der Waals surface area (Å²) in [6.07, 6.45) is 2.03. The number of hydrogen-bond acceptors (Lipinski definition) is 6. The van der Waals surface area contributed by atoms with E-state index in [0.717, 1.165) is 11.3 Å². The number of ether oxygens (including phenoxy) is 3. The second-order valence-electron chi connectivity index (χ2n) is 9.24. The molecule has 2 aromatic carbocycles. The summed E-state index contributed by atoms with van der Waals surface area (Å²) in [5, 5.41) is 0. The molecule has 0 unspecified atom stereocenters. The zero-order chi connectivity index (χ0) is 24.3. The van der Waals surface area contributed by atoms with Gasteiger partial charge in [-0.25, -0.2) is 4.79 Å². The van der Waals surface area contributed by atoms with Crippen molar-refractivity contribution in [3.05, 3.63) is 59.7 Å². The smallest absolute Gasteiger partial charge is 0.338 e. The standard InChI is InChI=1S/C27H32N2O5/c1-5-33-26(31)19-6-8-20(9-7-19)28-12-14-29(15-13-28)25(30)23-17-27(2,3)18-34-24-11-10-21(32-4)16-22(23)24/h6-11,16-17H,5,12-15,18H2,1-4H3. The highest BCUT2D eigenvalue weighted by Gasteiger charge is 2.31. The largest absolute Gasteiger partial charge is 0.497 e. The van der Waals surface area contributed by atoms with Gasteiger partial charge in [0.1, 0.15) is 11.5 Å². The minimum absolute atomic E-state index is 0.00499. The van der Waals surface area contributed by atoms with Crippen LogP contribution >= 0.6 is 0 Å². The van der Waals surface area contributed by atoms with Crippen LogP contribution in [0.4, 0.5) is 5.69 Å². The summed E-state index contributed by atoms with van der Waals surface area (Å²) in [6, 6.07) is 13.0. The molecular formula is C27H32N2O5. The molecule has 0 aromatic heterocycles. The molecule has 0 radical (unpaired) electrons. The number of benzene rings is 2. The van der Waals surface area contributed by atoms with E-state index in [4.69, 9.17) is 14.2 Å². The van der Waals surface area contributed by atoms with Gasteiger partial charge in [0.2, 0.25) is 0 Å². The number of esters is 1. The lowest BCUT2D eigenvalue weighted by Crippen LogP contribution is -2.49. The molecule has 4 rings (SSSR count). The van der Waals surface area contributed by atoms with E-state index in [9.17, 15) is 9.59 Å². The van der Waals surface area contributed by atoms with Crippen LogP contribution in [0.5, 0.6) is 11.5 Å². The molecule has 0 spiro atoms. The average Bonchev–Trinajstić information content (AvgIpc) is 2.99. The van der Waals surface area contributed by atoms with Gasteiger partial charge in [-0.2, -0.15) is 0 Å². The summed E-state index contributed by atoms with van der Waals surface area (Å²) < 4.78 is 16.5. The van der Waals surface area contributed by atoms with Crippen LogP contribution in [0.1, 0.15) is 36.7 Å². The van der Waals surface area contributed by atoms with Gasteiger partial charge in [-0.3, -0.25) is 4.79 Å². The van der Waals surface area contributed by atoms with Crippen LogP contribution in [0, 0.1) is 5.41 Å². The van der Waals surface area contributed by atoms with Gasteiger partial charge in [-0.05, 0) is 49.4 Å². The lowest BCUT2D eigenvalue weighted by Gasteiger charge is -2.36. The topological polar surface area (TPSA) is 68.3 Å². The Bertz CT molecular complexity index is 1080. The predicted molar refractivity (Wildman–Crippen MR) is 131 cm³/mol. The molecule has 1 saturated heterocycles. The quantitative estimate of drug-likeness (QED) is 0.623. The summed E-state index contributed by atoms with van der Waals surface area (Å²) in [5.41, 5.74) is 2.72. The van der Waals surface area contributed by atoms with E-state index < -0.39 is 0 Å². The Balaban J connectivity index is 1.49. The number of anilines is 1. The number of carbonyl (C=O) groups is 2. The fourth-order valence-electron chi connectivity index (χ4n) is 4.28. The SMILES string of the molecule is CCOC(=O)c1ccc(N2CCN(C(=O)C3=CC(C)(C)COc4ccc(OC)cc43)CC2)cc1.